The first kappa shape index (κ1) is 17.8. The Balaban J connectivity index is 2.55. The van der Waals surface area contributed by atoms with Crippen LogP contribution >= 0.6 is 11.8 Å². The Kier molecular flexibility index (Phi) is 7.34. The average Bonchev–Trinajstić information content (AvgIpc) is 2.73. The van der Waals surface area contributed by atoms with Gasteiger partial charge in [0.1, 0.15) is 5.54 Å². The van der Waals surface area contributed by atoms with Gasteiger partial charge in [-0.1, -0.05) is 13.3 Å². The molecule has 118 valence electrons. The van der Waals surface area contributed by atoms with Gasteiger partial charge in [-0.05, 0) is 51.2 Å². The third-order valence-electron chi connectivity index (χ3n) is 4.15. The molecule has 0 aromatic carbocycles. The molecule has 0 aliphatic heterocycles. The van der Waals surface area contributed by atoms with E-state index in [2.05, 4.69) is 12.2 Å². The number of carboxylic acid groups (broad SMARTS) is 1. The second-order valence-electron chi connectivity index (χ2n) is 6.15. The second kappa shape index (κ2) is 8.25. The lowest BCUT2D eigenvalue weighted by molar-refractivity contribution is -0.147. The first-order chi connectivity index (χ1) is 9.42. The van der Waals surface area contributed by atoms with E-state index in [4.69, 9.17) is 5.11 Å². The van der Waals surface area contributed by atoms with Gasteiger partial charge in [0.2, 0.25) is 0 Å². The zero-order valence-corrected chi connectivity index (χ0v) is 13.7. The molecular formula is C15H29NO3S. The highest BCUT2D eigenvalue weighted by molar-refractivity contribution is 7.99. The van der Waals surface area contributed by atoms with Crippen molar-refractivity contribution in [2.75, 3.05) is 12.4 Å². The minimum atomic E-state index is -0.727. The van der Waals surface area contributed by atoms with Crippen LogP contribution in [0.2, 0.25) is 0 Å². The number of carboxylic acids is 1. The highest BCUT2D eigenvalue weighted by Gasteiger charge is 2.48. The van der Waals surface area contributed by atoms with Gasteiger partial charge in [0, 0.05) is 17.9 Å². The van der Waals surface area contributed by atoms with E-state index in [0.717, 1.165) is 37.9 Å². The van der Waals surface area contributed by atoms with E-state index in [0.29, 0.717) is 5.25 Å². The van der Waals surface area contributed by atoms with E-state index in [1.807, 2.05) is 25.6 Å². The maximum atomic E-state index is 11.8. The molecule has 0 radical (unpaired) electrons. The number of thioether (sulfide) groups is 1. The molecule has 0 aromatic heterocycles. The Labute approximate surface area is 126 Å². The summed E-state index contributed by atoms with van der Waals surface area (Å²) >= 11 is 1.84. The van der Waals surface area contributed by atoms with E-state index in [-0.39, 0.29) is 18.6 Å². The van der Waals surface area contributed by atoms with Crippen molar-refractivity contribution >= 4 is 17.7 Å². The van der Waals surface area contributed by atoms with Crippen LogP contribution in [0.4, 0.5) is 0 Å². The smallest absolute Gasteiger partial charge is 0.324 e. The Morgan fingerprint density at radius 1 is 1.45 bits per heavy atom. The third kappa shape index (κ3) is 4.64. The van der Waals surface area contributed by atoms with Crippen molar-refractivity contribution in [1.29, 1.82) is 0 Å². The monoisotopic (exact) mass is 303 g/mol. The van der Waals surface area contributed by atoms with Crippen LogP contribution in [0.1, 0.15) is 52.9 Å². The summed E-state index contributed by atoms with van der Waals surface area (Å²) in [6.07, 6.45) is 4.48. The summed E-state index contributed by atoms with van der Waals surface area (Å²) in [4.78, 5) is 11.8. The summed E-state index contributed by atoms with van der Waals surface area (Å²) in [5.74, 6) is 0.499. The van der Waals surface area contributed by atoms with Crippen LogP contribution in [-0.4, -0.2) is 45.4 Å². The summed E-state index contributed by atoms with van der Waals surface area (Å²) in [6.45, 7) is 6.37. The summed E-state index contributed by atoms with van der Waals surface area (Å²) in [6, 6.07) is 0.188. The van der Waals surface area contributed by atoms with Gasteiger partial charge in [0.15, 0.2) is 0 Å². The van der Waals surface area contributed by atoms with Gasteiger partial charge in [0.05, 0.1) is 0 Å². The molecule has 0 spiro atoms. The second-order valence-corrected chi connectivity index (χ2v) is 7.69. The van der Waals surface area contributed by atoms with Crippen molar-refractivity contribution in [3.05, 3.63) is 0 Å². The van der Waals surface area contributed by atoms with Crippen LogP contribution in [0.25, 0.3) is 0 Å². The molecule has 3 atom stereocenters. The highest BCUT2D eigenvalue weighted by Crippen LogP contribution is 2.39. The van der Waals surface area contributed by atoms with Crippen LogP contribution in [0.5, 0.6) is 0 Å². The molecular weight excluding hydrogens is 274 g/mol. The van der Waals surface area contributed by atoms with E-state index in [9.17, 15) is 9.90 Å². The van der Waals surface area contributed by atoms with Crippen LogP contribution in [0.3, 0.4) is 0 Å². The largest absolute Gasteiger partial charge is 0.480 e. The lowest BCUT2D eigenvalue weighted by atomic mass is 9.84. The number of aliphatic hydroxyl groups excluding tert-OH is 1. The molecule has 0 heterocycles. The normalized spacial score (nSPS) is 27.9. The summed E-state index contributed by atoms with van der Waals surface area (Å²) < 4.78 is 0. The van der Waals surface area contributed by atoms with Gasteiger partial charge in [-0.15, -0.1) is 0 Å². The quantitative estimate of drug-likeness (QED) is 0.610. The van der Waals surface area contributed by atoms with Crippen molar-refractivity contribution in [3.63, 3.8) is 0 Å². The lowest BCUT2D eigenvalue weighted by Gasteiger charge is -2.34. The average molecular weight is 303 g/mol. The van der Waals surface area contributed by atoms with Crippen LogP contribution in [0, 0.1) is 5.92 Å². The SMILES string of the molecule is CC(C)NC1(C(=O)O)CCCC1CCSC(C)CCO. The Bertz CT molecular complexity index is 311. The minimum Gasteiger partial charge on any atom is -0.480 e. The van der Waals surface area contributed by atoms with E-state index < -0.39 is 11.5 Å². The van der Waals surface area contributed by atoms with Crippen LogP contribution in [0.15, 0.2) is 0 Å². The van der Waals surface area contributed by atoms with Crippen molar-refractivity contribution in [2.24, 2.45) is 5.92 Å². The molecule has 3 unspecified atom stereocenters. The van der Waals surface area contributed by atoms with E-state index in [1.165, 1.54) is 0 Å². The van der Waals surface area contributed by atoms with Crippen molar-refractivity contribution in [2.45, 2.75) is 69.7 Å². The first-order valence-electron chi connectivity index (χ1n) is 7.66. The van der Waals surface area contributed by atoms with Crippen LogP contribution < -0.4 is 5.32 Å². The molecule has 1 aliphatic rings. The number of hydrogen-bond donors (Lipinski definition) is 3. The number of nitrogens with one attached hydrogen (secondary N) is 1. The molecule has 0 bridgehead atoms. The van der Waals surface area contributed by atoms with Gasteiger partial charge in [-0.3, -0.25) is 10.1 Å². The topological polar surface area (TPSA) is 69.6 Å². The molecule has 3 N–H and O–H groups in total. The zero-order valence-electron chi connectivity index (χ0n) is 12.9. The molecule has 1 aliphatic carbocycles. The number of aliphatic carboxylic acids is 1. The molecule has 0 saturated heterocycles. The molecule has 1 rings (SSSR count). The maximum absolute atomic E-state index is 11.8. The minimum absolute atomic E-state index is 0.188. The number of rotatable bonds is 9. The van der Waals surface area contributed by atoms with Crippen molar-refractivity contribution < 1.29 is 15.0 Å². The molecule has 0 amide bonds. The van der Waals surface area contributed by atoms with Gasteiger partial charge in [-0.2, -0.15) is 11.8 Å². The maximum Gasteiger partial charge on any atom is 0.324 e. The number of aliphatic hydroxyl groups is 1. The summed E-state index contributed by atoms with van der Waals surface area (Å²) in [5.41, 5.74) is -0.727. The standard InChI is InChI=1S/C15H29NO3S/c1-11(2)16-15(14(18)19)8-4-5-13(15)7-10-20-12(3)6-9-17/h11-13,16-17H,4-10H2,1-3H3,(H,18,19). The number of hydrogen-bond acceptors (Lipinski definition) is 4. The molecule has 4 nitrogen and oxygen atoms in total. The predicted octanol–water partition coefficient (Wildman–Crippen LogP) is 2.50. The fourth-order valence-corrected chi connectivity index (χ4v) is 4.29. The van der Waals surface area contributed by atoms with E-state index >= 15 is 0 Å². The van der Waals surface area contributed by atoms with Crippen molar-refractivity contribution in [1.82, 2.24) is 5.32 Å². The summed E-state index contributed by atoms with van der Waals surface area (Å²) in [7, 11) is 0. The third-order valence-corrected chi connectivity index (χ3v) is 5.43. The molecule has 20 heavy (non-hydrogen) atoms. The zero-order chi connectivity index (χ0) is 15.2. The first-order valence-corrected chi connectivity index (χ1v) is 8.70. The summed E-state index contributed by atoms with van der Waals surface area (Å²) in [5, 5.41) is 22.3. The van der Waals surface area contributed by atoms with Gasteiger partial charge in [-0.25, -0.2) is 0 Å². The Hall–Kier alpha value is -0.260. The van der Waals surface area contributed by atoms with Gasteiger partial charge >= 0.3 is 5.97 Å². The van der Waals surface area contributed by atoms with Gasteiger partial charge < -0.3 is 10.2 Å². The molecule has 1 fully saturated rings. The Morgan fingerprint density at radius 2 is 2.15 bits per heavy atom. The molecule has 0 aromatic rings. The molecule has 1 saturated carbocycles. The fraction of sp³-hybridized carbons (Fsp3) is 0.933. The Morgan fingerprint density at radius 3 is 2.70 bits per heavy atom. The predicted molar refractivity (Wildman–Crippen MR) is 84.2 cm³/mol. The highest BCUT2D eigenvalue weighted by atomic mass is 32.2. The molecule has 5 heteroatoms. The fourth-order valence-electron chi connectivity index (χ4n) is 3.19. The van der Waals surface area contributed by atoms with E-state index in [1.54, 1.807) is 0 Å². The van der Waals surface area contributed by atoms with Crippen molar-refractivity contribution in [3.8, 4) is 0 Å². The van der Waals surface area contributed by atoms with Gasteiger partial charge in [0.25, 0.3) is 0 Å². The van der Waals surface area contributed by atoms with Crippen LogP contribution in [-0.2, 0) is 4.79 Å². The number of carbonyl (C=O) groups is 1. The lowest BCUT2D eigenvalue weighted by Crippen LogP contribution is -2.57.